The molecule has 1 aliphatic rings. The van der Waals surface area contributed by atoms with E-state index in [-0.39, 0.29) is 0 Å². The Kier molecular flexibility index (Phi) is 3.64. The van der Waals surface area contributed by atoms with E-state index in [4.69, 9.17) is 11.6 Å². The summed E-state index contributed by atoms with van der Waals surface area (Å²) in [6, 6.07) is 15.7. The van der Waals surface area contributed by atoms with Crippen LogP contribution in [0.15, 0.2) is 54.6 Å². The first-order valence-electron chi connectivity index (χ1n) is 6.89. The highest BCUT2D eigenvalue weighted by atomic mass is 35.5. The molecule has 0 heterocycles. The highest BCUT2D eigenvalue weighted by molar-refractivity contribution is 6.30. The van der Waals surface area contributed by atoms with Gasteiger partial charge in [-0.3, -0.25) is 0 Å². The van der Waals surface area contributed by atoms with Crippen LogP contribution in [0, 0.1) is 0 Å². The molecule has 1 N–H and O–H groups in total. The average Bonchev–Trinajstić information content (AvgIpc) is 2.48. The quantitative estimate of drug-likeness (QED) is 0.826. The van der Waals surface area contributed by atoms with Crippen LogP contribution in [0.5, 0.6) is 0 Å². The molecule has 0 fully saturated rings. The molecule has 0 amide bonds. The number of hydrogen-bond acceptors (Lipinski definition) is 1. The molecule has 0 saturated carbocycles. The van der Waals surface area contributed by atoms with Gasteiger partial charge in [0.2, 0.25) is 0 Å². The van der Waals surface area contributed by atoms with E-state index in [9.17, 15) is 5.11 Å². The summed E-state index contributed by atoms with van der Waals surface area (Å²) in [4.78, 5) is 0. The lowest BCUT2D eigenvalue weighted by Gasteiger charge is -2.26. The molecular formula is C18H17ClO. The van der Waals surface area contributed by atoms with Crippen molar-refractivity contribution in [2.24, 2.45) is 0 Å². The van der Waals surface area contributed by atoms with Gasteiger partial charge < -0.3 is 5.11 Å². The summed E-state index contributed by atoms with van der Waals surface area (Å²) >= 11 is 5.91. The lowest BCUT2D eigenvalue weighted by atomic mass is 9.81. The Balaban J connectivity index is 2.00. The highest BCUT2D eigenvalue weighted by Crippen LogP contribution is 2.40. The van der Waals surface area contributed by atoms with Gasteiger partial charge in [0.1, 0.15) is 6.10 Å². The van der Waals surface area contributed by atoms with Crippen LogP contribution in [-0.2, 0) is 0 Å². The third-order valence-electron chi connectivity index (χ3n) is 3.97. The fourth-order valence-electron chi connectivity index (χ4n) is 2.81. The zero-order valence-electron chi connectivity index (χ0n) is 11.4. The summed E-state index contributed by atoms with van der Waals surface area (Å²) in [6.07, 6.45) is 2.53. The maximum atomic E-state index is 10.7. The number of halogens is 1. The summed E-state index contributed by atoms with van der Waals surface area (Å²) in [6.45, 7) is 2.22. The van der Waals surface area contributed by atoms with Gasteiger partial charge >= 0.3 is 0 Å². The molecule has 0 bridgehead atoms. The van der Waals surface area contributed by atoms with Gasteiger partial charge in [-0.1, -0.05) is 61.0 Å². The lowest BCUT2D eigenvalue weighted by Crippen LogP contribution is -2.09. The number of fused-ring (bicyclic) bond motifs is 1. The zero-order chi connectivity index (χ0) is 14.1. The minimum Gasteiger partial charge on any atom is -0.384 e. The van der Waals surface area contributed by atoms with Crippen molar-refractivity contribution in [1.29, 1.82) is 0 Å². The lowest BCUT2D eigenvalue weighted by molar-refractivity contribution is 0.237. The maximum absolute atomic E-state index is 10.7. The molecule has 2 aromatic rings. The normalized spacial score (nSPS) is 19.1. The number of benzene rings is 2. The van der Waals surface area contributed by atoms with Crippen LogP contribution >= 0.6 is 11.6 Å². The first-order valence-corrected chi connectivity index (χ1v) is 7.27. The average molecular weight is 285 g/mol. The van der Waals surface area contributed by atoms with Crippen molar-refractivity contribution in [1.82, 2.24) is 0 Å². The molecule has 2 aromatic carbocycles. The Morgan fingerprint density at radius 1 is 1.10 bits per heavy atom. The van der Waals surface area contributed by atoms with Crippen molar-refractivity contribution in [3.05, 3.63) is 76.3 Å². The molecule has 0 saturated heterocycles. The number of aliphatic hydroxyl groups excluding tert-OH is 1. The number of aliphatic hydroxyl groups is 1. The first-order chi connectivity index (χ1) is 9.66. The molecule has 2 heteroatoms. The van der Waals surface area contributed by atoms with E-state index in [2.05, 4.69) is 31.2 Å². The molecule has 0 spiro atoms. The summed E-state index contributed by atoms with van der Waals surface area (Å²) < 4.78 is 0. The van der Waals surface area contributed by atoms with Crippen LogP contribution < -0.4 is 0 Å². The second-order valence-electron chi connectivity index (χ2n) is 5.34. The molecular weight excluding hydrogens is 268 g/mol. The van der Waals surface area contributed by atoms with Gasteiger partial charge in [-0.05, 0) is 46.7 Å². The standard InChI is InChI=1S/C18H17ClO/c1-12-6-11-17(16-5-3-2-4-15(12)16)18(20)13-7-9-14(19)10-8-13/h2-5,7-12,18,20H,6H2,1H3. The molecule has 0 aliphatic heterocycles. The van der Waals surface area contributed by atoms with Crippen LogP contribution in [0.3, 0.4) is 0 Å². The van der Waals surface area contributed by atoms with E-state index >= 15 is 0 Å². The summed E-state index contributed by atoms with van der Waals surface area (Å²) in [7, 11) is 0. The number of allylic oxidation sites excluding steroid dienone is 1. The number of rotatable bonds is 2. The Labute approximate surface area is 124 Å². The summed E-state index contributed by atoms with van der Waals surface area (Å²) in [5.74, 6) is 0.507. The Hall–Kier alpha value is -1.57. The predicted molar refractivity (Wildman–Crippen MR) is 83.9 cm³/mol. The predicted octanol–water partition coefficient (Wildman–Crippen LogP) is 4.96. The SMILES string of the molecule is CC1CC=C(C(O)c2ccc(Cl)cc2)c2ccccc21. The van der Waals surface area contributed by atoms with E-state index in [1.807, 2.05) is 30.3 Å². The Morgan fingerprint density at radius 2 is 1.80 bits per heavy atom. The van der Waals surface area contributed by atoms with Crippen molar-refractivity contribution in [2.75, 3.05) is 0 Å². The molecule has 2 atom stereocenters. The molecule has 3 rings (SSSR count). The number of hydrogen-bond donors (Lipinski definition) is 1. The summed E-state index contributed by atoms with van der Waals surface area (Å²) in [5, 5.41) is 11.3. The van der Waals surface area contributed by atoms with Gasteiger partial charge in [0.15, 0.2) is 0 Å². The van der Waals surface area contributed by atoms with E-state index in [0.29, 0.717) is 10.9 Å². The van der Waals surface area contributed by atoms with Crippen molar-refractivity contribution >= 4 is 17.2 Å². The Bertz CT molecular complexity index is 643. The van der Waals surface area contributed by atoms with Crippen molar-refractivity contribution in [2.45, 2.75) is 25.4 Å². The van der Waals surface area contributed by atoms with Crippen molar-refractivity contribution in [3.63, 3.8) is 0 Å². The third-order valence-corrected chi connectivity index (χ3v) is 4.23. The van der Waals surface area contributed by atoms with Crippen LogP contribution in [0.4, 0.5) is 0 Å². The van der Waals surface area contributed by atoms with Gasteiger partial charge in [-0.15, -0.1) is 0 Å². The smallest absolute Gasteiger partial charge is 0.104 e. The molecule has 2 unspecified atom stereocenters. The third kappa shape index (κ3) is 2.39. The second kappa shape index (κ2) is 5.43. The summed E-state index contributed by atoms with van der Waals surface area (Å²) in [5.41, 5.74) is 4.36. The monoisotopic (exact) mass is 284 g/mol. The van der Waals surface area contributed by atoms with Crippen LogP contribution in [0.25, 0.3) is 5.57 Å². The molecule has 0 radical (unpaired) electrons. The van der Waals surface area contributed by atoms with E-state index in [1.54, 1.807) is 0 Å². The van der Waals surface area contributed by atoms with Crippen LogP contribution in [-0.4, -0.2) is 5.11 Å². The van der Waals surface area contributed by atoms with Crippen molar-refractivity contribution < 1.29 is 5.11 Å². The van der Waals surface area contributed by atoms with Gasteiger partial charge in [-0.2, -0.15) is 0 Å². The Morgan fingerprint density at radius 3 is 2.55 bits per heavy atom. The molecule has 20 heavy (non-hydrogen) atoms. The maximum Gasteiger partial charge on any atom is 0.104 e. The van der Waals surface area contributed by atoms with Gasteiger partial charge in [-0.25, -0.2) is 0 Å². The van der Waals surface area contributed by atoms with E-state index in [1.165, 1.54) is 5.56 Å². The minimum atomic E-state index is -0.596. The zero-order valence-corrected chi connectivity index (χ0v) is 12.1. The van der Waals surface area contributed by atoms with Gasteiger partial charge in [0.05, 0.1) is 0 Å². The largest absolute Gasteiger partial charge is 0.384 e. The van der Waals surface area contributed by atoms with Crippen molar-refractivity contribution in [3.8, 4) is 0 Å². The second-order valence-corrected chi connectivity index (χ2v) is 5.77. The van der Waals surface area contributed by atoms with Gasteiger partial charge in [0, 0.05) is 5.02 Å². The molecule has 1 aliphatic carbocycles. The first kappa shape index (κ1) is 13.4. The minimum absolute atomic E-state index is 0.507. The molecule has 1 nitrogen and oxygen atoms in total. The topological polar surface area (TPSA) is 20.2 Å². The molecule has 0 aromatic heterocycles. The highest BCUT2D eigenvalue weighted by Gasteiger charge is 2.23. The van der Waals surface area contributed by atoms with Gasteiger partial charge in [0.25, 0.3) is 0 Å². The fraction of sp³-hybridized carbons (Fsp3) is 0.222. The molecule has 102 valence electrons. The van der Waals surface area contributed by atoms with Crippen LogP contribution in [0.2, 0.25) is 5.02 Å². The fourth-order valence-corrected chi connectivity index (χ4v) is 2.94. The van der Waals surface area contributed by atoms with Crippen LogP contribution in [0.1, 0.15) is 42.1 Å². The van der Waals surface area contributed by atoms with E-state index < -0.39 is 6.10 Å². The van der Waals surface area contributed by atoms with E-state index in [0.717, 1.165) is 23.1 Å².